The molecule has 4 aliphatic rings. The minimum Gasteiger partial charge on any atom is -0.461 e. The van der Waals surface area contributed by atoms with Crippen LogP contribution in [0.1, 0.15) is 85.5 Å². The molecule has 32 heavy (non-hydrogen) atoms. The first kappa shape index (κ1) is 23.7. The van der Waals surface area contributed by atoms with Crippen molar-refractivity contribution in [2.75, 3.05) is 6.54 Å². The topological polar surface area (TPSA) is 98.5 Å². The molecule has 4 fully saturated rings. The van der Waals surface area contributed by atoms with Crippen molar-refractivity contribution < 1.29 is 19.1 Å². The summed E-state index contributed by atoms with van der Waals surface area (Å²) in [4.78, 5) is 36.3. The molecule has 4 aliphatic carbocycles. The van der Waals surface area contributed by atoms with Gasteiger partial charge in [-0.25, -0.2) is 4.79 Å². The maximum absolute atomic E-state index is 12.5. The Morgan fingerprint density at radius 3 is 2.38 bits per heavy atom. The molecule has 0 spiro atoms. The van der Waals surface area contributed by atoms with Crippen molar-refractivity contribution in [3.63, 3.8) is 0 Å². The fourth-order valence-corrected chi connectivity index (χ4v) is 8.62. The molecule has 0 aromatic heterocycles. The van der Waals surface area contributed by atoms with Gasteiger partial charge in [-0.3, -0.25) is 9.59 Å². The minimum absolute atomic E-state index is 0.0585. The lowest BCUT2D eigenvalue weighted by Crippen LogP contribution is -2.54. The van der Waals surface area contributed by atoms with Crippen LogP contribution in [0.3, 0.4) is 0 Å². The van der Waals surface area contributed by atoms with Gasteiger partial charge < -0.3 is 15.8 Å². The second kappa shape index (κ2) is 8.73. The molecule has 0 saturated heterocycles. The summed E-state index contributed by atoms with van der Waals surface area (Å²) in [5, 5.41) is 2.59. The van der Waals surface area contributed by atoms with E-state index in [4.69, 9.17) is 10.5 Å². The zero-order valence-corrected chi connectivity index (χ0v) is 20.3. The Morgan fingerprint density at radius 2 is 1.69 bits per heavy atom. The smallest absolute Gasteiger partial charge is 0.328 e. The highest BCUT2D eigenvalue weighted by atomic mass is 16.5. The van der Waals surface area contributed by atoms with Gasteiger partial charge in [0.05, 0.1) is 6.54 Å². The molecular formula is C26H42N2O4. The molecular weight excluding hydrogens is 404 g/mol. The molecule has 1 amide bonds. The highest BCUT2D eigenvalue weighted by Crippen LogP contribution is 2.67. The average Bonchev–Trinajstić information content (AvgIpc) is 3.11. The van der Waals surface area contributed by atoms with Gasteiger partial charge in [-0.2, -0.15) is 0 Å². The number of fused-ring (bicyclic) bond motifs is 5. The Hall–Kier alpha value is -1.43. The third-order valence-corrected chi connectivity index (χ3v) is 10.3. The molecule has 6 nitrogen and oxygen atoms in total. The van der Waals surface area contributed by atoms with Gasteiger partial charge in [-0.15, -0.1) is 0 Å². The van der Waals surface area contributed by atoms with Crippen LogP contribution < -0.4 is 11.1 Å². The van der Waals surface area contributed by atoms with E-state index in [1.54, 1.807) is 13.8 Å². The predicted molar refractivity (Wildman–Crippen MR) is 122 cm³/mol. The largest absolute Gasteiger partial charge is 0.461 e. The fraction of sp³-hybridized carbons (Fsp3) is 0.885. The fourth-order valence-electron chi connectivity index (χ4n) is 8.62. The van der Waals surface area contributed by atoms with Gasteiger partial charge in [-0.05, 0) is 106 Å². The standard InChI is InChI=1S/C26H42N2O4/c1-15(28-23(30)14-27)24(31)32-18-9-11-25(3)17(13-18)5-6-19-21-8-7-20(16(2)29)26(21,4)12-10-22(19)25/h15,17-22H,5-14,27H2,1-4H3,(H,28,30)/t15-,17-,18+,19-,20+,21-,22-,25-,26+/m0/s1. The van der Waals surface area contributed by atoms with E-state index >= 15 is 0 Å². The second-order valence-electron chi connectivity index (χ2n) is 11.8. The minimum atomic E-state index is -0.664. The lowest BCUT2D eigenvalue weighted by atomic mass is 9.44. The van der Waals surface area contributed by atoms with Crippen molar-refractivity contribution in [2.24, 2.45) is 46.2 Å². The Bertz CT molecular complexity index is 769. The number of hydrogen-bond donors (Lipinski definition) is 2. The maximum Gasteiger partial charge on any atom is 0.328 e. The molecule has 4 rings (SSSR count). The van der Waals surface area contributed by atoms with E-state index in [-0.39, 0.29) is 35.9 Å². The van der Waals surface area contributed by atoms with Crippen LogP contribution in [0.15, 0.2) is 0 Å². The zero-order valence-electron chi connectivity index (χ0n) is 20.3. The van der Waals surface area contributed by atoms with E-state index in [0.29, 0.717) is 23.0 Å². The quantitative estimate of drug-likeness (QED) is 0.629. The summed E-state index contributed by atoms with van der Waals surface area (Å²) in [6.45, 7) is 8.23. The monoisotopic (exact) mass is 446 g/mol. The first-order valence-electron chi connectivity index (χ1n) is 12.8. The molecule has 3 N–H and O–H groups in total. The summed E-state index contributed by atoms with van der Waals surface area (Å²) in [5.41, 5.74) is 5.84. The number of nitrogens with two attached hydrogens (primary N) is 1. The van der Waals surface area contributed by atoms with E-state index in [9.17, 15) is 14.4 Å². The van der Waals surface area contributed by atoms with Crippen LogP contribution >= 0.6 is 0 Å². The summed E-state index contributed by atoms with van der Waals surface area (Å²) in [6.07, 6.45) is 10.0. The Kier molecular flexibility index (Phi) is 6.47. The number of nitrogens with one attached hydrogen (secondary N) is 1. The molecule has 6 heteroatoms. The summed E-state index contributed by atoms with van der Waals surface area (Å²) >= 11 is 0. The van der Waals surface area contributed by atoms with Gasteiger partial charge in [0.2, 0.25) is 5.91 Å². The van der Waals surface area contributed by atoms with Gasteiger partial charge in [0.15, 0.2) is 0 Å². The van der Waals surface area contributed by atoms with E-state index in [1.807, 2.05) is 0 Å². The molecule has 0 heterocycles. The van der Waals surface area contributed by atoms with Crippen molar-refractivity contribution in [1.82, 2.24) is 5.32 Å². The molecule has 180 valence electrons. The van der Waals surface area contributed by atoms with Crippen molar-refractivity contribution in [3.05, 3.63) is 0 Å². The van der Waals surface area contributed by atoms with Crippen LogP contribution in [-0.4, -0.2) is 36.4 Å². The van der Waals surface area contributed by atoms with Crippen molar-refractivity contribution in [2.45, 2.75) is 97.6 Å². The normalized spacial score (nSPS) is 43.9. The number of esters is 1. The van der Waals surface area contributed by atoms with Gasteiger partial charge >= 0.3 is 5.97 Å². The molecule has 4 saturated carbocycles. The average molecular weight is 447 g/mol. The molecule has 0 aromatic carbocycles. The zero-order chi connectivity index (χ0) is 23.3. The third kappa shape index (κ3) is 3.91. The van der Waals surface area contributed by atoms with E-state index in [2.05, 4.69) is 19.2 Å². The van der Waals surface area contributed by atoms with Crippen molar-refractivity contribution >= 4 is 17.7 Å². The predicted octanol–water partition coefficient (Wildman–Crippen LogP) is 3.61. The SMILES string of the molecule is CC(=O)[C@H]1CC[C@H]2[C@@H]3CC[C@H]4C[C@H](OC(=O)[C@H](C)NC(=O)CN)CC[C@]4(C)[C@H]3CC[C@]12C. The highest BCUT2D eigenvalue weighted by molar-refractivity contribution is 5.85. The first-order chi connectivity index (χ1) is 15.1. The van der Waals surface area contributed by atoms with Crippen LogP contribution in [0.5, 0.6) is 0 Å². The van der Waals surface area contributed by atoms with Crippen LogP contribution in [0.4, 0.5) is 0 Å². The number of ketones is 1. The lowest BCUT2D eigenvalue weighted by molar-refractivity contribution is -0.165. The van der Waals surface area contributed by atoms with Gasteiger partial charge in [0.1, 0.15) is 17.9 Å². The number of rotatable bonds is 5. The second-order valence-corrected chi connectivity index (χ2v) is 11.8. The number of amides is 1. The van der Waals surface area contributed by atoms with Crippen LogP contribution in [0.2, 0.25) is 0 Å². The van der Waals surface area contributed by atoms with Gasteiger partial charge in [0, 0.05) is 5.92 Å². The molecule has 0 bridgehead atoms. The summed E-state index contributed by atoms with van der Waals surface area (Å²) in [5.74, 6) is 2.70. The third-order valence-electron chi connectivity index (χ3n) is 10.3. The number of carbonyl (C=O) groups excluding carboxylic acids is 3. The molecule has 0 aromatic rings. The summed E-state index contributed by atoms with van der Waals surface area (Å²) in [6, 6.07) is -0.664. The van der Waals surface area contributed by atoms with E-state index < -0.39 is 6.04 Å². The van der Waals surface area contributed by atoms with Gasteiger partial charge in [-0.1, -0.05) is 13.8 Å². The molecule has 0 unspecified atom stereocenters. The van der Waals surface area contributed by atoms with Crippen molar-refractivity contribution in [3.8, 4) is 0 Å². The maximum atomic E-state index is 12.5. The first-order valence-corrected chi connectivity index (χ1v) is 12.8. The van der Waals surface area contributed by atoms with Crippen LogP contribution in [-0.2, 0) is 19.1 Å². The number of Topliss-reactive ketones (excluding diaryl/α,β-unsaturated/α-hetero) is 1. The summed E-state index contributed by atoms with van der Waals surface area (Å²) in [7, 11) is 0. The lowest BCUT2D eigenvalue weighted by Gasteiger charge is -2.61. The van der Waals surface area contributed by atoms with Gasteiger partial charge in [0.25, 0.3) is 0 Å². The van der Waals surface area contributed by atoms with Crippen LogP contribution in [0, 0.1) is 40.4 Å². The van der Waals surface area contributed by atoms with E-state index in [0.717, 1.165) is 37.5 Å². The molecule has 0 radical (unpaired) electrons. The number of ether oxygens (including phenoxy) is 1. The Morgan fingerprint density at radius 1 is 1.00 bits per heavy atom. The highest BCUT2D eigenvalue weighted by Gasteiger charge is 2.60. The molecule has 0 aliphatic heterocycles. The Balaban J connectivity index is 1.40. The molecule has 9 atom stereocenters. The Labute approximate surface area is 192 Å². The van der Waals surface area contributed by atoms with E-state index in [1.165, 1.54) is 32.1 Å². The number of carbonyl (C=O) groups is 3. The van der Waals surface area contributed by atoms with Crippen molar-refractivity contribution in [1.29, 1.82) is 0 Å². The van der Waals surface area contributed by atoms with Crippen LogP contribution in [0.25, 0.3) is 0 Å². The number of hydrogen-bond acceptors (Lipinski definition) is 5. The summed E-state index contributed by atoms with van der Waals surface area (Å²) < 4.78 is 5.82.